The van der Waals surface area contributed by atoms with E-state index in [1.807, 2.05) is 0 Å². The predicted molar refractivity (Wildman–Crippen MR) is 91.4 cm³/mol. The summed E-state index contributed by atoms with van der Waals surface area (Å²) >= 11 is 0. The highest BCUT2D eigenvalue weighted by molar-refractivity contribution is 5.22. The van der Waals surface area contributed by atoms with Crippen LogP contribution in [0.2, 0.25) is 0 Å². The van der Waals surface area contributed by atoms with Gasteiger partial charge >= 0.3 is 0 Å². The minimum absolute atomic E-state index is 1.24. The minimum atomic E-state index is 1.24. The molecule has 0 amide bonds. The Kier molecular flexibility index (Phi) is 10.4. The van der Waals surface area contributed by atoms with Crippen molar-refractivity contribution in [1.82, 2.24) is 0 Å². The topological polar surface area (TPSA) is 0 Å². The monoisotopic (exact) mass is 274 g/mol. The third kappa shape index (κ3) is 8.40. The zero-order valence-electron chi connectivity index (χ0n) is 13.8. The van der Waals surface area contributed by atoms with Gasteiger partial charge < -0.3 is 0 Å². The van der Waals surface area contributed by atoms with Crippen LogP contribution in [0.25, 0.3) is 0 Å². The van der Waals surface area contributed by atoms with Gasteiger partial charge in [0.25, 0.3) is 0 Å². The Bertz CT molecular complexity index is 309. The SMILES string of the molecule is CCCCCCCCCCc1ccc(CCCC)cc1. The summed E-state index contributed by atoms with van der Waals surface area (Å²) in [4.78, 5) is 0. The Morgan fingerprint density at radius 2 is 0.900 bits per heavy atom. The van der Waals surface area contributed by atoms with Crippen LogP contribution in [-0.2, 0) is 12.8 Å². The zero-order chi connectivity index (χ0) is 14.5. The molecule has 114 valence electrons. The lowest BCUT2D eigenvalue weighted by Crippen LogP contribution is -1.89. The average Bonchev–Trinajstić information content (AvgIpc) is 2.49. The van der Waals surface area contributed by atoms with Crippen molar-refractivity contribution in [2.75, 3.05) is 0 Å². The lowest BCUT2D eigenvalue weighted by atomic mass is 10.0. The van der Waals surface area contributed by atoms with Crippen molar-refractivity contribution in [2.24, 2.45) is 0 Å². The van der Waals surface area contributed by atoms with Gasteiger partial charge in [0, 0.05) is 0 Å². The molecule has 0 N–H and O–H groups in total. The number of unbranched alkanes of at least 4 members (excludes halogenated alkanes) is 8. The average molecular weight is 274 g/mol. The van der Waals surface area contributed by atoms with Crippen LogP contribution < -0.4 is 0 Å². The summed E-state index contributed by atoms with van der Waals surface area (Å²) in [6.45, 7) is 4.55. The van der Waals surface area contributed by atoms with Crippen LogP contribution in [-0.4, -0.2) is 0 Å². The highest BCUT2D eigenvalue weighted by atomic mass is 14.0. The summed E-state index contributed by atoms with van der Waals surface area (Å²) < 4.78 is 0. The van der Waals surface area contributed by atoms with E-state index in [0.717, 1.165) is 0 Å². The van der Waals surface area contributed by atoms with Gasteiger partial charge in [-0.1, -0.05) is 89.5 Å². The largest absolute Gasteiger partial charge is 0.0654 e. The Balaban J connectivity index is 2.04. The van der Waals surface area contributed by atoms with Crippen molar-refractivity contribution >= 4 is 0 Å². The van der Waals surface area contributed by atoms with Gasteiger partial charge in [-0.15, -0.1) is 0 Å². The molecule has 0 saturated carbocycles. The summed E-state index contributed by atoms with van der Waals surface area (Å²) in [6.07, 6.45) is 16.4. The first-order chi connectivity index (χ1) is 9.86. The second-order valence-corrected chi connectivity index (χ2v) is 6.14. The van der Waals surface area contributed by atoms with E-state index in [2.05, 4.69) is 38.1 Å². The van der Waals surface area contributed by atoms with Crippen molar-refractivity contribution < 1.29 is 0 Å². The minimum Gasteiger partial charge on any atom is -0.0654 e. The Morgan fingerprint density at radius 3 is 1.40 bits per heavy atom. The van der Waals surface area contributed by atoms with Crippen LogP contribution >= 0.6 is 0 Å². The van der Waals surface area contributed by atoms with E-state index in [9.17, 15) is 0 Å². The van der Waals surface area contributed by atoms with E-state index >= 15 is 0 Å². The fraction of sp³-hybridized carbons (Fsp3) is 0.700. The van der Waals surface area contributed by atoms with Crippen LogP contribution in [0.4, 0.5) is 0 Å². The zero-order valence-corrected chi connectivity index (χ0v) is 13.8. The van der Waals surface area contributed by atoms with Crippen LogP contribution in [0.3, 0.4) is 0 Å². The molecular weight excluding hydrogens is 240 g/mol. The van der Waals surface area contributed by atoms with Crippen molar-refractivity contribution in [2.45, 2.75) is 90.9 Å². The van der Waals surface area contributed by atoms with E-state index in [-0.39, 0.29) is 0 Å². The van der Waals surface area contributed by atoms with Crippen molar-refractivity contribution in [3.05, 3.63) is 35.4 Å². The van der Waals surface area contributed by atoms with E-state index in [1.54, 1.807) is 0 Å². The van der Waals surface area contributed by atoms with Gasteiger partial charge in [-0.25, -0.2) is 0 Å². The Labute approximate surface area is 127 Å². The van der Waals surface area contributed by atoms with E-state index < -0.39 is 0 Å². The molecule has 0 heteroatoms. The molecule has 0 spiro atoms. The van der Waals surface area contributed by atoms with Crippen LogP contribution in [0.5, 0.6) is 0 Å². The standard InChI is InChI=1S/C20H34/c1-3-5-7-8-9-10-11-12-14-20-17-15-19(16-18-20)13-6-4-2/h15-18H,3-14H2,1-2H3. The molecule has 0 aromatic heterocycles. The van der Waals surface area contributed by atoms with Gasteiger partial charge in [0.05, 0.1) is 0 Å². The fourth-order valence-corrected chi connectivity index (χ4v) is 2.72. The molecule has 1 aromatic rings. The first-order valence-electron chi connectivity index (χ1n) is 8.94. The number of hydrogen-bond acceptors (Lipinski definition) is 0. The van der Waals surface area contributed by atoms with Gasteiger partial charge in [-0.3, -0.25) is 0 Å². The first kappa shape index (κ1) is 17.3. The molecule has 0 radical (unpaired) electrons. The predicted octanol–water partition coefficient (Wildman–Crippen LogP) is 6.71. The first-order valence-corrected chi connectivity index (χ1v) is 8.94. The fourth-order valence-electron chi connectivity index (χ4n) is 2.72. The maximum absolute atomic E-state index is 2.34. The number of benzene rings is 1. The Morgan fingerprint density at radius 1 is 0.500 bits per heavy atom. The third-order valence-corrected chi connectivity index (χ3v) is 4.16. The van der Waals surface area contributed by atoms with E-state index in [1.165, 1.54) is 88.2 Å². The van der Waals surface area contributed by atoms with E-state index in [0.29, 0.717) is 0 Å². The number of aryl methyl sites for hydroxylation is 2. The van der Waals surface area contributed by atoms with Crippen molar-refractivity contribution in [1.29, 1.82) is 0 Å². The molecule has 0 bridgehead atoms. The number of rotatable bonds is 12. The molecule has 0 aliphatic rings. The smallest absolute Gasteiger partial charge is 0.0279 e. The highest BCUT2D eigenvalue weighted by Gasteiger charge is 1.96. The third-order valence-electron chi connectivity index (χ3n) is 4.16. The molecule has 1 rings (SSSR count). The van der Waals surface area contributed by atoms with Crippen LogP contribution in [0.15, 0.2) is 24.3 Å². The molecule has 0 saturated heterocycles. The second-order valence-electron chi connectivity index (χ2n) is 6.14. The molecule has 0 nitrogen and oxygen atoms in total. The Hall–Kier alpha value is -0.780. The lowest BCUT2D eigenvalue weighted by Gasteiger charge is -2.04. The summed E-state index contributed by atoms with van der Waals surface area (Å²) in [5, 5.41) is 0. The molecular formula is C20H34. The summed E-state index contributed by atoms with van der Waals surface area (Å²) in [7, 11) is 0. The maximum Gasteiger partial charge on any atom is -0.0279 e. The normalized spacial score (nSPS) is 10.9. The van der Waals surface area contributed by atoms with E-state index in [4.69, 9.17) is 0 Å². The van der Waals surface area contributed by atoms with Gasteiger partial charge in [0.15, 0.2) is 0 Å². The molecule has 0 fully saturated rings. The highest BCUT2D eigenvalue weighted by Crippen LogP contribution is 2.13. The molecule has 0 heterocycles. The van der Waals surface area contributed by atoms with Gasteiger partial charge in [0.2, 0.25) is 0 Å². The molecule has 0 aliphatic carbocycles. The molecule has 0 aliphatic heterocycles. The molecule has 20 heavy (non-hydrogen) atoms. The summed E-state index contributed by atoms with van der Waals surface area (Å²) in [5.74, 6) is 0. The van der Waals surface area contributed by atoms with Gasteiger partial charge in [-0.05, 0) is 36.8 Å². The molecule has 0 unspecified atom stereocenters. The molecule has 1 aromatic carbocycles. The van der Waals surface area contributed by atoms with Crippen LogP contribution in [0, 0.1) is 0 Å². The second kappa shape index (κ2) is 12.0. The summed E-state index contributed by atoms with van der Waals surface area (Å²) in [6, 6.07) is 9.34. The quantitative estimate of drug-likeness (QED) is 0.371. The maximum atomic E-state index is 2.34. The van der Waals surface area contributed by atoms with Gasteiger partial charge in [-0.2, -0.15) is 0 Å². The summed E-state index contributed by atoms with van der Waals surface area (Å²) in [5.41, 5.74) is 3.03. The van der Waals surface area contributed by atoms with Gasteiger partial charge in [0.1, 0.15) is 0 Å². The number of hydrogen-bond donors (Lipinski definition) is 0. The van der Waals surface area contributed by atoms with Crippen molar-refractivity contribution in [3.63, 3.8) is 0 Å². The lowest BCUT2D eigenvalue weighted by molar-refractivity contribution is 0.575. The van der Waals surface area contributed by atoms with Crippen molar-refractivity contribution in [3.8, 4) is 0 Å². The van der Waals surface area contributed by atoms with Crippen LogP contribution in [0.1, 0.15) is 89.2 Å². The molecule has 0 atom stereocenters.